The third kappa shape index (κ3) is 4.28. The number of nitrogens with zero attached hydrogens (tertiary/aromatic N) is 6. The number of amides is 2. The highest BCUT2D eigenvalue weighted by atomic mass is 16.5. The number of benzene rings is 1. The first-order valence-electron chi connectivity index (χ1n) is 11.6. The molecule has 0 bridgehead atoms. The van der Waals surface area contributed by atoms with Crippen molar-refractivity contribution in [1.82, 2.24) is 24.8 Å². The number of ether oxygens (including phenoxy) is 1. The van der Waals surface area contributed by atoms with E-state index < -0.39 is 0 Å². The van der Waals surface area contributed by atoms with Crippen LogP contribution in [-0.2, 0) is 24.9 Å². The Bertz CT molecular complexity index is 1180. The molecule has 34 heavy (non-hydrogen) atoms. The van der Waals surface area contributed by atoms with E-state index in [0.29, 0.717) is 32.1 Å². The number of anilines is 3. The van der Waals surface area contributed by atoms with Crippen LogP contribution in [0.5, 0.6) is 0 Å². The molecule has 0 spiro atoms. The number of fused-ring (bicyclic) bond motifs is 1. The first-order valence-corrected chi connectivity index (χ1v) is 11.6. The summed E-state index contributed by atoms with van der Waals surface area (Å²) in [6, 6.07) is 7.65. The molecular weight excluding hydrogens is 432 g/mol. The summed E-state index contributed by atoms with van der Waals surface area (Å²) in [4.78, 5) is 30.9. The van der Waals surface area contributed by atoms with Gasteiger partial charge in [0.15, 0.2) is 5.82 Å². The molecule has 1 aromatic carbocycles. The minimum absolute atomic E-state index is 0.220. The van der Waals surface area contributed by atoms with Gasteiger partial charge in [0, 0.05) is 49.3 Å². The van der Waals surface area contributed by atoms with Gasteiger partial charge < -0.3 is 29.7 Å². The van der Waals surface area contributed by atoms with Crippen molar-refractivity contribution in [2.45, 2.75) is 33.0 Å². The molecule has 2 aliphatic heterocycles. The minimum Gasteiger partial charge on any atom is -0.377 e. The summed E-state index contributed by atoms with van der Waals surface area (Å²) in [5.41, 5.74) is 3.79. The quantitative estimate of drug-likeness (QED) is 0.601. The Morgan fingerprint density at radius 3 is 2.74 bits per heavy atom. The lowest BCUT2D eigenvalue weighted by Gasteiger charge is -2.35. The van der Waals surface area contributed by atoms with Gasteiger partial charge in [-0.05, 0) is 38.1 Å². The van der Waals surface area contributed by atoms with Crippen LogP contribution in [0, 0.1) is 0 Å². The molecule has 1 unspecified atom stereocenters. The zero-order valence-electron chi connectivity index (χ0n) is 19.8. The van der Waals surface area contributed by atoms with E-state index in [1.54, 1.807) is 0 Å². The molecule has 0 aliphatic carbocycles. The van der Waals surface area contributed by atoms with Crippen LogP contribution in [-0.4, -0.2) is 57.9 Å². The normalized spacial score (nSPS) is 17.6. The van der Waals surface area contributed by atoms with Crippen LogP contribution < -0.4 is 20.4 Å². The van der Waals surface area contributed by atoms with Gasteiger partial charge in [-0.25, -0.2) is 19.7 Å². The number of carbonyl (C=O) groups is 1. The summed E-state index contributed by atoms with van der Waals surface area (Å²) in [6.07, 6.45) is 3.77. The monoisotopic (exact) mass is 462 g/mol. The third-order valence-corrected chi connectivity index (χ3v) is 6.22. The van der Waals surface area contributed by atoms with Crippen molar-refractivity contribution in [3.63, 3.8) is 0 Å². The topological polar surface area (TPSA) is 100 Å². The fourth-order valence-corrected chi connectivity index (χ4v) is 4.49. The molecule has 5 rings (SSSR count). The van der Waals surface area contributed by atoms with E-state index in [1.807, 2.05) is 55.2 Å². The van der Waals surface area contributed by atoms with Crippen molar-refractivity contribution in [3.8, 4) is 11.4 Å². The van der Waals surface area contributed by atoms with E-state index in [2.05, 4.69) is 32.3 Å². The van der Waals surface area contributed by atoms with E-state index in [1.165, 1.54) is 0 Å². The zero-order valence-corrected chi connectivity index (χ0v) is 19.8. The van der Waals surface area contributed by atoms with Gasteiger partial charge >= 0.3 is 6.03 Å². The van der Waals surface area contributed by atoms with Gasteiger partial charge in [0.05, 0.1) is 38.0 Å². The Labute approximate surface area is 199 Å². The molecule has 2 aliphatic rings. The maximum Gasteiger partial charge on any atom is 0.319 e. The van der Waals surface area contributed by atoms with Crippen LogP contribution in [0.3, 0.4) is 0 Å². The number of carbonyl (C=O) groups excluding carboxylic acids is 1. The Morgan fingerprint density at radius 1 is 1.21 bits per heavy atom. The smallest absolute Gasteiger partial charge is 0.319 e. The van der Waals surface area contributed by atoms with Gasteiger partial charge in [0.1, 0.15) is 5.82 Å². The average molecular weight is 463 g/mol. The Kier molecular flexibility index (Phi) is 6.06. The van der Waals surface area contributed by atoms with Gasteiger partial charge in [-0.3, -0.25) is 0 Å². The van der Waals surface area contributed by atoms with E-state index in [9.17, 15) is 4.79 Å². The summed E-state index contributed by atoms with van der Waals surface area (Å²) in [5, 5.41) is 5.56. The van der Waals surface area contributed by atoms with Gasteiger partial charge in [-0.2, -0.15) is 0 Å². The summed E-state index contributed by atoms with van der Waals surface area (Å²) >= 11 is 0. The van der Waals surface area contributed by atoms with Crippen LogP contribution in [0.25, 0.3) is 11.4 Å². The van der Waals surface area contributed by atoms with E-state index in [-0.39, 0.29) is 12.1 Å². The molecule has 10 nitrogen and oxygen atoms in total. The van der Waals surface area contributed by atoms with Crippen molar-refractivity contribution >= 4 is 23.5 Å². The minimum atomic E-state index is -0.220. The molecule has 1 saturated heterocycles. The first-order chi connectivity index (χ1) is 16.5. The first kappa shape index (κ1) is 22.1. The van der Waals surface area contributed by atoms with Crippen molar-refractivity contribution < 1.29 is 9.53 Å². The standard InChI is InChI=1S/C24H30N8O2/c1-4-25-23(33)27-18-7-5-17(6-8-18)21-28-20-14-31(24-26-9-10-30(24)3)13-19(20)22(29-21)32-11-12-34-15-16(32)2/h5-10,16H,4,11-15H2,1-3H3,(H2,25,27,33). The number of morpholine rings is 1. The average Bonchev–Trinajstić information content (AvgIpc) is 3.45. The number of hydrogen-bond acceptors (Lipinski definition) is 7. The number of nitrogens with one attached hydrogen (secondary N) is 2. The molecule has 2 N–H and O–H groups in total. The molecule has 4 heterocycles. The highest BCUT2D eigenvalue weighted by Crippen LogP contribution is 2.35. The summed E-state index contributed by atoms with van der Waals surface area (Å²) in [5.74, 6) is 2.57. The Morgan fingerprint density at radius 2 is 2.03 bits per heavy atom. The predicted octanol–water partition coefficient (Wildman–Crippen LogP) is 2.76. The lowest BCUT2D eigenvalue weighted by atomic mass is 10.1. The second kappa shape index (κ2) is 9.30. The van der Waals surface area contributed by atoms with Crippen LogP contribution >= 0.6 is 0 Å². The van der Waals surface area contributed by atoms with Crippen LogP contribution in [0.2, 0.25) is 0 Å². The van der Waals surface area contributed by atoms with Gasteiger partial charge in [0.2, 0.25) is 5.95 Å². The van der Waals surface area contributed by atoms with Crippen molar-refractivity contribution in [2.75, 3.05) is 41.4 Å². The van der Waals surface area contributed by atoms with Crippen LogP contribution in [0.4, 0.5) is 22.2 Å². The molecule has 3 aromatic rings. The van der Waals surface area contributed by atoms with Gasteiger partial charge in [0.25, 0.3) is 0 Å². The molecule has 178 valence electrons. The number of urea groups is 1. The summed E-state index contributed by atoms with van der Waals surface area (Å²) in [6.45, 7) is 8.18. The predicted molar refractivity (Wildman–Crippen MR) is 131 cm³/mol. The lowest BCUT2D eigenvalue weighted by Crippen LogP contribution is -2.44. The molecule has 0 saturated carbocycles. The van der Waals surface area contributed by atoms with E-state index in [0.717, 1.165) is 47.4 Å². The number of hydrogen-bond donors (Lipinski definition) is 2. The van der Waals surface area contributed by atoms with Crippen molar-refractivity contribution in [2.24, 2.45) is 7.05 Å². The molecule has 0 radical (unpaired) electrons. The fraction of sp³-hybridized carbons (Fsp3) is 0.417. The van der Waals surface area contributed by atoms with Crippen molar-refractivity contribution in [1.29, 1.82) is 0 Å². The summed E-state index contributed by atoms with van der Waals surface area (Å²) in [7, 11) is 2.00. The Balaban J connectivity index is 1.49. The van der Waals surface area contributed by atoms with Crippen LogP contribution in [0.15, 0.2) is 36.7 Å². The zero-order chi connectivity index (χ0) is 23.7. The highest BCUT2D eigenvalue weighted by Gasteiger charge is 2.32. The van der Waals surface area contributed by atoms with Crippen LogP contribution in [0.1, 0.15) is 25.1 Å². The molecular formula is C24H30N8O2. The molecule has 2 amide bonds. The SMILES string of the molecule is CCNC(=O)Nc1ccc(-c2nc3c(c(N4CCOCC4C)n2)CN(c2nccn2C)C3)cc1. The largest absolute Gasteiger partial charge is 0.377 e. The van der Waals surface area contributed by atoms with Gasteiger partial charge in [-0.15, -0.1) is 0 Å². The Hall–Kier alpha value is -3.66. The van der Waals surface area contributed by atoms with Crippen molar-refractivity contribution in [3.05, 3.63) is 47.9 Å². The van der Waals surface area contributed by atoms with E-state index in [4.69, 9.17) is 14.7 Å². The molecule has 10 heteroatoms. The lowest BCUT2D eigenvalue weighted by molar-refractivity contribution is 0.0984. The second-order valence-electron chi connectivity index (χ2n) is 8.67. The highest BCUT2D eigenvalue weighted by molar-refractivity contribution is 5.89. The second-order valence-corrected chi connectivity index (χ2v) is 8.67. The third-order valence-electron chi connectivity index (χ3n) is 6.22. The number of imidazole rings is 1. The molecule has 1 fully saturated rings. The number of rotatable bonds is 5. The van der Waals surface area contributed by atoms with E-state index >= 15 is 0 Å². The number of aromatic nitrogens is 4. The fourth-order valence-electron chi connectivity index (χ4n) is 4.49. The molecule has 2 aromatic heterocycles. The maximum atomic E-state index is 11.8. The maximum absolute atomic E-state index is 11.8. The molecule has 1 atom stereocenters. The van der Waals surface area contributed by atoms with Gasteiger partial charge in [-0.1, -0.05) is 0 Å². The number of aryl methyl sites for hydroxylation is 1. The summed E-state index contributed by atoms with van der Waals surface area (Å²) < 4.78 is 7.70.